The highest BCUT2D eigenvalue weighted by molar-refractivity contribution is 6.34. The van der Waals surface area contributed by atoms with E-state index in [4.69, 9.17) is 11.6 Å². The molecule has 2 aliphatic heterocycles. The summed E-state index contributed by atoms with van der Waals surface area (Å²) in [4.78, 5) is 46.6. The van der Waals surface area contributed by atoms with E-state index in [0.29, 0.717) is 26.2 Å². The first kappa shape index (κ1) is 32.9. The van der Waals surface area contributed by atoms with E-state index in [0.717, 1.165) is 47.6 Å². The van der Waals surface area contributed by atoms with Gasteiger partial charge in [-0.3, -0.25) is 19.1 Å². The summed E-state index contributed by atoms with van der Waals surface area (Å²) in [5.41, 5.74) is -1.35. The fraction of sp³-hybridized carbons (Fsp3) is 0.500. The van der Waals surface area contributed by atoms with Crippen molar-refractivity contribution in [2.75, 3.05) is 44.6 Å². The zero-order valence-electron chi connectivity index (χ0n) is 25.3. The number of amides is 3. The van der Waals surface area contributed by atoms with Gasteiger partial charge in [-0.1, -0.05) is 11.6 Å². The maximum Gasteiger partial charge on any atom is 0.435 e. The van der Waals surface area contributed by atoms with Crippen LogP contribution in [0.4, 0.5) is 27.6 Å². The molecule has 3 fully saturated rings. The monoisotopic (exact) mass is 682 g/mol. The Balaban J connectivity index is 1.10. The van der Waals surface area contributed by atoms with E-state index >= 15 is 0 Å². The molecule has 47 heavy (non-hydrogen) atoms. The van der Waals surface area contributed by atoms with Gasteiger partial charge in [0.15, 0.2) is 11.5 Å². The van der Waals surface area contributed by atoms with Crippen LogP contribution in [0.25, 0.3) is 11.3 Å². The molecule has 1 atom stereocenters. The molecule has 3 amide bonds. The average molecular weight is 683 g/mol. The minimum Gasteiger partial charge on any atom is -0.339 e. The lowest BCUT2D eigenvalue weighted by atomic mass is 9.96. The number of piperazine rings is 1. The van der Waals surface area contributed by atoms with Crippen LogP contribution in [-0.2, 0) is 24.6 Å². The molecule has 0 spiro atoms. The number of anilines is 1. The highest BCUT2D eigenvalue weighted by atomic mass is 35.5. The molecule has 11 nitrogen and oxygen atoms in total. The summed E-state index contributed by atoms with van der Waals surface area (Å²) < 4.78 is 70.2. The van der Waals surface area contributed by atoms with Crippen molar-refractivity contribution in [3.05, 3.63) is 52.7 Å². The molecule has 3 aromatic rings. The van der Waals surface area contributed by atoms with Crippen molar-refractivity contribution in [1.29, 1.82) is 0 Å². The van der Waals surface area contributed by atoms with Crippen LogP contribution in [0.2, 0.25) is 5.02 Å². The fourth-order valence-electron chi connectivity index (χ4n) is 6.06. The summed E-state index contributed by atoms with van der Waals surface area (Å²) in [6.07, 6.45) is -1.60. The van der Waals surface area contributed by atoms with Crippen LogP contribution < -0.4 is 10.6 Å². The van der Waals surface area contributed by atoms with Crippen molar-refractivity contribution in [2.45, 2.75) is 37.9 Å². The molecule has 1 unspecified atom stereocenters. The first-order valence-corrected chi connectivity index (χ1v) is 15.5. The number of nitrogens with zero attached hydrogens (tertiary/aromatic N) is 6. The molecule has 2 saturated heterocycles. The second-order valence-corrected chi connectivity index (χ2v) is 12.5. The molecule has 1 aromatic carbocycles. The zero-order chi connectivity index (χ0) is 33.7. The number of alkyl halides is 5. The standard InChI is InChI=1S/C30H32ClF5N8O3/c1-41-23(21-16-44(15-18-13-29(18,32)33)40-24(21)30(34,35)36)14-38-25(41)26(45)39-19-2-3-20(22(31)12-19)28(47)43-10-8-42(9-11-43)27(46)17-4-6-37-7-5-17/h2-3,12,14,16-18,37H,4-11,13,15H2,1H3,(H,39,45). The highest BCUT2D eigenvalue weighted by Gasteiger charge is 2.57. The summed E-state index contributed by atoms with van der Waals surface area (Å²) >= 11 is 6.44. The van der Waals surface area contributed by atoms with Crippen LogP contribution in [0.15, 0.2) is 30.6 Å². The summed E-state index contributed by atoms with van der Waals surface area (Å²) in [6, 6.07) is 4.31. The molecule has 17 heteroatoms. The topological polar surface area (TPSA) is 117 Å². The summed E-state index contributed by atoms with van der Waals surface area (Å²) in [5.74, 6) is -5.22. The minimum atomic E-state index is -4.88. The smallest absolute Gasteiger partial charge is 0.339 e. The van der Waals surface area contributed by atoms with Crippen molar-refractivity contribution in [2.24, 2.45) is 18.9 Å². The number of benzene rings is 1. The molecule has 2 aromatic heterocycles. The molecule has 1 aliphatic carbocycles. The van der Waals surface area contributed by atoms with Crippen LogP contribution in [0.5, 0.6) is 0 Å². The number of hydrogen-bond donors (Lipinski definition) is 2. The average Bonchev–Trinajstić information content (AvgIpc) is 3.32. The Labute approximate surface area is 271 Å². The Bertz CT molecular complexity index is 1690. The van der Waals surface area contributed by atoms with Crippen LogP contribution in [0, 0.1) is 11.8 Å². The van der Waals surface area contributed by atoms with Gasteiger partial charge < -0.3 is 25.0 Å². The van der Waals surface area contributed by atoms with Gasteiger partial charge in [0.25, 0.3) is 17.7 Å². The Morgan fingerprint density at radius 2 is 1.74 bits per heavy atom. The molecule has 252 valence electrons. The second-order valence-electron chi connectivity index (χ2n) is 12.1. The van der Waals surface area contributed by atoms with E-state index < -0.39 is 41.6 Å². The van der Waals surface area contributed by atoms with Gasteiger partial charge in [0.2, 0.25) is 5.91 Å². The van der Waals surface area contributed by atoms with Gasteiger partial charge >= 0.3 is 6.18 Å². The number of aromatic nitrogens is 4. The number of imidazole rings is 1. The lowest BCUT2D eigenvalue weighted by molar-refractivity contribution is -0.141. The van der Waals surface area contributed by atoms with E-state index in [-0.39, 0.29) is 52.1 Å². The first-order chi connectivity index (χ1) is 22.2. The van der Waals surface area contributed by atoms with Gasteiger partial charge in [0.1, 0.15) is 0 Å². The van der Waals surface area contributed by atoms with Crippen molar-refractivity contribution >= 4 is 35.0 Å². The Morgan fingerprint density at radius 3 is 2.36 bits per heavy atom. The van der Waals surface area contributed by atoms with Gasteiger partial charge in [-0.05, 0) is 44.1 Å². The number of rotatable bonds is 7. The largest absolute Gasteiger partial charge is 0.435 e. The van der Waals surface area contributed by atoms with E-state index in [1.54, 1.807) is 9.80 Å². The first-order valence-electron chi connectivity index (χ1n) is 15.2. The lowest BCUT2D eigenvalue weighted by Gasteiger charge is -2.37. The molecular weight excluding hydrogens is 651 g/mol. The van der Waals surface area contributed by atoms with Gasteiger partial charge in [-0.25, -0.2) is 13.8 Å². The predicted octanol–water partition coefficient (Wildman–Crippen LogP) is 4.15. The highest BCUT2D eigenvalue weighted by Crippen LogP contribution is 2.49. The Morgan fingerprint density at radius 1 is 1.09 bits per heavy atom. The lowest BCUT2D eigenvalue weighted by Crippen LogP contribution is -2.52. The quantitative estimate of drug-likeness (QED) is 0.362. The maximum absolute atomic E-state index is 13.8. The van der Waals surface area contributed by atoms with Gasteiger partial charge in [0, 0.05) is 69.9 Å². The number of halogens is 6. The fourth-order valence-corrected chi connectivity index (χ4v) is 6.32. The summed E-state index contributed by atoms with van der Waals surface area (Å²) in [7, 11) is 1.35. The van der Waals surface area contributed by atoms with Crippen molar-refractivity contribution in [3.8, 4) is 11.3 Å². The number of carbonyl (C=O) groups is 3. The molecule has 6 rings (SSSR count). The van der Waals surface area contributed by atoms with Crippen LogP contribution in [-0.4, -0.2) is 92.0 Å². The van der Waals surface area contributed by atoms with Gasteiger partial charge in [-0.15, -0.1) is 0 Å². The van der Waals surface area contributed by atoms with Crippen LogP contribution in [0.3, 0.4) is 0 Å². The molecular formula is C30H32ClF5N8O3. The normalized spacial score (nSPS) is 19.9. The van der Waals surface area contributed by atoms with E-state index in [1.807, 2.05) is 0 Å². The third-order valence-electron chi connectivity index (χ3n) is 8.88. The Hall–Kier alpha value is -4.05. The molecule has 0 bridgehead atoms. The minimum absolute atomic E-state index is 0.000274. The van der Waals surface area contributed by atoms with Crippen molar-refractivity contribution in [3.63, 3.8) is 0 Å². The number of hydrogen-bond acceptors (Lipinski definition) is 6. The van der Waals surface area contributed by atoms with Gasteiger partial charge in [0.05, 0.1) is 28.0 Å². The number of carbonyl (C=O) groups excluding carboxylic acids is 3. The predicted molar refractivity (Wildman–Crippen MR) is 160 cm³/mol. The van der Waals surface area contributed by atoms with Crippen LogP contribution >= 0.6 is 11.6 Å². The summed E-state index contributed by atoms with van der Waals surface area (Å²) in [6.45, 7) is 2.81. The van der Waals surface area contributed by atoms with E-state index in [9.17, 15) is 36.3 Å². The summed E-state index contributed by atoms with van der Waals surface area (Å²) in [5, 5.41) is 9.42. The van der Waals surface area contributed by atoms with Crippen molar-refractivity contribution < 1.29 is 36.3 Å². The molecule has 0 radical (unpaired) electrons. The Kier molecular flexibility index (Phi) is 8.76. The van der Waals surface area contributed by atoms with Crippen molar-refractivity contribution in [1.82, 2.24) is 34.4 Å². The van der Waals surface area contributed by atoms with Crippen LogP contribution in [0.1, 0.15) is 45.9 Å². The number of piperidine rings is 1. The zero-order valence-corrected chi connectivity index (χ0v) is 26.0. The SMILES string of the molecule is Cn1c(-c2cn(CC3CC3(F)F)nc2C(F)(F)F)cnc1C(=O)Nc1ccc(C(=O)N2CCN(C(=O)C3CCNCC3)CC2)c(Cl)c1. The molecule has 2 N–H and O–H groups in total. The molecule has 4 heterocycles. The number of nitrogens with one attached hydrogen (secondary N) is 2. The molecule has 1 saturated carbocycles. The third-order valence-corrected chi connectivity index (χ3v) is 9.20. The second kappa shape index (κ2) is 12.5. The third kappa shape index (κ3) is 6.84. The maximum atomic E-state index is 13.8. The van der Waals surface area contributed by atoms with Gasteiger partial charge in [-0.2, -0.15) is 18.3 Å². The van der Waals surface area contributed by atoms with E-state index in [1.165, 1.54) is 25.2 Å². The molecule has 3 aliphatic rings. The van der Waals surface area contributed by atoms with E-state index in [2.05, 4.69) is 20.7 Å².